The normalized spacial score (nSPS) is 23.6. The summed E-state index contributed by atoms with van der Waals surface area (Å²) in [5, 5.41) is 12.3. The van der Waals surface area contributed by atoms with E-state index in [-0.39, 0.29) is 0 Å². The molecule has 0 aliphatic carbocycles. The van der Waals surface area contributed by atoms with E-state index in [2.05, 4.69) is 24.1 Å². The molecule has 1 aliphatic rings. The Morgan fingerprint density at radius 2 is 2.12 bits per heavy atom. The molecule has 0 aromatic heterocycles. The minimum Gasteiger partial charge on any atom is -0.478 e. The van der Waals surface area contributed by atoms with Crippen LogP contribution in [0, 0.1) is 0 Å². The molecule has 0 amide bonds. The second kappa shape index (κ2) is 3.70. The first-order chi connectivity index (χ1) is 7.50. The Hall–Kier alpha value is -1.71. The van der Waals surface area contributed by atoms with Crippen molar-refractivity contribution in [1.29, 1.82) is 0 Å². The number of carbonyl (C=O) groups is 1. The zero-order valence-electron chi connectivity index (χ0n) is 9.69. The van der Waals surface area contributed by atoms with Gasteiger partial charge in [-0.2, -0.15) is 0 Å². The van der Waals surface area contributed by atoms with Gasteiger partial charge >= 0.3 is 5.97 Å². The number of carboxylic acid groups (broad SMARTS) is 1. The van der Waals surface area contributed by atoms with E-state index in [1.54, 1.807) is 12.1 Å². The highest BCUT2D eigenvalue weighted by Crippen LogP contribution is 2.33. The lowest BCUT2D eigenvalue weighted by molar-refractivity contribution is 0.0697. The number of likely N-dealkylation sites (N-methyl/N-ethyl adjacent to an activating group) is 1. The summed E-state index contributed by atoms with van der Waals surface area (Å²) >= 11 is 0. The summed E-state index contributed by atoms with van der Waals surface area (Å²) in [6, 6.07) is 5.87. The van der Waals surface area contributed by atoms with Gasteiger partial charge in [-0.05, 0) is 32.0 Å². The van der Waals surface area contributed by atoms with E-state index >= 15 is 0 Å². The molecule has 2 rings (SSSR count). The number of hydrogen-bond donors (Lipinski definition) is 2. The number of carboxylic acids is 1. The largest absolute Gasteiger partial charge is 0.478 e. The smallest absolute Gasteiger partial charge is 0.335 e. The highest BCUT2D eigenvalue weighted by atomic mass is 16.4. The Morgan fingerprint density at radius 1 is 1.44 bits per heavy atom. The van der Waals surface area contributed by atoms with Gasteiger partial charge in [0.25, 0.3) is 0 Å². The molecule has 4 heteroatoms. The minimum absolute atomic E-state index is 0.328. The molecule has 1 aromatic carbocycles. The molecule has 0 saturated carbocycles. The molecule has 2 unspecified atom stereocenters. The van der Waals surface area contributed by atoms with Crippen LogP contribution < -0.4 is 10.2 Å². The number of aromatic carboxylic acids is 1. The van der Waals surface area contributed by atoms with Gasteiger partial charge in [0, 0.05) is 19.1 Å². The summed E-state index contributed by atoms with van der Waals surface area (Å²) in [4.78, 5) is 13.0. The van der Waals surface area contributed by atoms with E-state index in [0.717, 1.165) is 11.4 Å². The van der Waals surface area contributed by atoms with Crippen LogP contribution in [0.3, 0.4) is 0 Å². The number of benzene rings is 1. The van der Waals surface area contributed by atoms with Crippen LogP contribution in [-0.2, 0) is 0 Å². The lowest BCUT2D eigenvalue weighted by Crippen LogP contribution is -2.45. The zero-order valence-corrected chi connectivity index (χ0v) is 9.69. The van der Waals surface area contributed by atoms with Crippen molar-refractivity contribution in [3.05, 3.63) is 23.8 Å². The fourth-order valence-electron chi connectivity index (χ4n) is 2.00. The van der Waals surface area contributed by atoms with E-state index in [0.29, 0.717) is 17.6 Å². The lowest BCUT2D eigenvalue weighted by Gasteiger charge is -2.39. The van der Waals surface area contributed by atoms with Crippen molar-refractivity contribution in [3.8, 4) is 0 Å². The highest BCUT2D eigenvalue weighted by molar-refractivity contribution is 5.91. The molecule has 0 fully saturated rings. The maximum Gasteiger partial charge on any atom is 0.335 e. The number of rotatable bonds is 1. The number of anilines is 2. The van der Waals surface area contributed by atoms with Gasteiger partial charge in [0.1, 0.15) is 0 Å². The van der Waals surface area contributed by atoms with E-state index < -0.39 is 5.97 Å². The molecule has 1 heterocycles. The molecule has 2 atom stereocenters. The molecule has 0 spiro atoms. The Balaban J connectivity index is 2.46. The first kappa shape index (κ1) is 10.8. The lowest BCUT2D eigenvalue weighted by atomic mass is 10.0. The Labute approximate surface area is 94.9 Å². The van der Waals surface area contributed by atoms with Crippen molar-refractivity contribution in [2.75, 3.05) is 17.3 Å². The molecule has 1 aliphatic heterocycles. The molecule has 0 radical (unpaired) electrons. The van der Waals surface area contributed by atoms with Gasteiger partial charge < -0.3 is 15.3 Å². The van der Waals surface area contributed by atoms with Gasteiger partial charge in [-0.1, -0.05) is 0 Å². The topological polar surface area (TPSA) is 52.6 Å². The van der Waals surface area contributed by atoms with E-state index in [9.17, 15) is 4.79 Å². The molecule has 0 bridgehead atoms. The Bertz CT molecular complexity index is 431. The molecular formula is C12H16N2O2. The maximum absolute atomic E-state index is 10.9. The monoisotopic (exact) mass is 220 g/mol. The third-order valence-corrected chi connectivity index (χ3v) is 3.34. The highest BCUT2D eigenvalue weighted by Gasteiger charge is 2.25. The van der Waals surface area contributed by atoms with E-state index in [4.69, 9.17) is 5.11 Å². The van der Waals surface area contributed by atoms with Gasteiger partial charge in [0.2, 0.25) is 0 Å². The quantitative estimate of drug-likeness (QED) is 0.760. The van der Waals surface area contributed by atoms with Crippen LogP contribution >= 0.6 is 0 Å². The molecule has 0 saturated heterocycles. The summed E-state index contributed by atoms with van der Waals surface area (Å²) in [6.45, 7) is 4.24. The summed E-state index contributed by atoms with van der Waals surface area (Å²) in [6.07, 6.45) is 0. The minimum atomic E-state index is -0.887. The standard InChI is InChI=1S/C12H16N2O2/c1-7-8(2)14(3)11-6-9(12(15)16)4-5-10(11)13-7/h4-8,13H,1-3H3,(H,15,16). The molecular weight excluding hydrogens is 204 g/mol. The van der Waals surface area contributed by atoms with Gasteiger partial charge in [0.05, 0.1) is 16.9 Å². The van der Waals surface area contributed by atoms with Crippen LogP contribution in [-0.4, -0.2) is 30.2 Å². The molecule has 4 nitrogen and oxygen atoms in total. The van der Waals surface area contributed by atoms with Crippen LogP contribution in [0.1, 0.15) is 24.2 Å². The second-order valence-electron chi connectivity index (χ2n) is 4.32. The number of nitrogens with one attached hydrogen (secondary N) is 1. The maximum atomic E-state index is 10.9. The molecule has 86 valence electrons. The fourth-order valence-corrected chi connectivity index (χ4v) is 2.00. The summed E-state index contributed by atoms with van der Waals surface area (Å²) < 4.78 is 0. The van der Waals surface area contributed by atoms with Gasteiger partial charge in [-0.3, -0.25) is 0 Å². The molecule has 2 N–H and O–H groups in total. The number of nitrogens with zero attached hydrogens (tertiary/aromatic N) is 1. The first-order valence-electron chi connectivity index (χ1n) is 5.37. The average Bonchev–Trinajstić information content (AvgIpc) is 2.25. The van der Waals surface area contributed by atoms with Gasteiger partial charge in [0.15, 0.2) is 0 Å². The molecule has 16 heavy (non-hydrogen) atoms. The van der Waals surface area contributed by atoms with Crippen molar-refractivity contribution in [2.45, 2.75) is 25.9 Å². The van der Waals surface area contributed by atoms with Gasteiger partial charge in [-0.15, -0.1) is 0 Å². The van der Waals surface area contributed by atoms with Crippen LogP contribution in [0.25, 0.3) is 0 Å². The summed E-state index contributed by atoms with van der Waals surface area (Å²) in [5.41, 5.74) is 2.28. The predicted molar refractivity (Wildman–Crippen MR) is 64.4 cm³/mol. The van der Waals surface area contributed by atoms with E-state index in [1.807, 2.05) is 13.1 Å². The fraction of sp³-hybridized carbons (Fsp3) is 0.417. The van der Waals surface area contributed by atoms with Crippen LogP contribution in [0.15, 0.2) is 18.2 Å². The van der Waals surface area contributed by atoms with Gasteiger partial charge in [-0.25, -0.2) is 4.79 Å². The van der Waals surface area contributed by atoms with Crippen molar-refractivity contribution in [2.24, 2.45) is 0 Å². The van der Waals surface area contributed by atoms with Crippen molar-refractivity contribution < 1.29 is 9.90 Å². The Morgan fingerprint density at radius 3 is 2.75 bits per heavy atom. The second-order valence-corrected chi connectivity index (χ2v) is 4.32. The van der Waals surface area contributed by atoms with Crippen molar-refractivity contribution in [1.82, 2.24) is 0 Å². The van der Waals surface area contributed by atoms with Crippen molar-refractivity contribution >= 4 is 17.3 Å². The summed E-state index contributed by atoms with van der Waals surface area (Å²) in [5.74, 6) is -0.887. The number of fused-ring (bicyclic) bond motifs is 1. The van der Waals surface area contributed by atoms with Crippen LogP contribution in [0.2, 0.25) is 0 Å². The van der Waals surface area contributed by atoms with E-state index in [1.165, 1.54) is 0 Å². The van der Waals surface area contributed by atoms with Crippen LogP contribution in [0.4, 0.5) is 11.4 Å². The third kappa shape index (κ3) is 1.60. The number of hydrogen-bond acceptors (Lipinski definition) is 3. The summed E-state index contributed by atoms with van der Waals surface area (Å²) in [7, 11) is 1.99. The predicted octanol–water partition coefficient (Wildman–Crippen LogP) is 2.02. The average molecular weight is 220 g/mol. The SMILES string of the molecule is CC1Nc2ccc(C(=O)O)cc2N(C)C1C. The van der Waals surface area contributed by atoms with Crippen LogP contribution in [0.5, 0.6) is 0 Å². The van der Waals surface area contributed by atoms with Crippen molar-refractivity contribution in [3.63, 3.8) is 0 Å². The first-order valence-corrected chi connectivity index (χ1v) is 5.37. The zero-order chi connectivity index (χ0) is 11.9. The molecule has 1 aromatic rings. The third-order valence-electron chi connectivity index (χ3n) is 3.34. The Kier molecular flexibility index (Phi) is 2.50.